The van der Waals surface area contributed by atoms with Gasteiger partial charge in [-0.15, -0.1) is 6.58 Å². The highest BCUT2D eigenvalue weighted by Gasteiger charge is 1.99. The van der Waals surface area contributed by atoms with Crippen molar-refractivity contribution in [3.8, 4) is 0 Å². The Labute approximate surface area is 81.2 Å². The van der Waals surface area contributed by atoms with E-state index >= 15 is 0 Å². The predicted octanol–water partition coefficient (Wildman–Crippen LogP) is 2.99. The summed E-state index contributed by atoms with van der Waals surface area (Å²) in [5.41, 5.74) is 0. The van der Waals surface area contributed by atoms with E-state index in [0.717, 1.165) is 0 Å². The highest BCUT2D eigenvalue weighted by molar-refractivity contribution is 6.35. The molecule has 0 aliphatic rings. The van der Waals surface area contributed by atoms with Crippen LogP contribution < -0.4 is 5.32 Å². The molecule has 0 saturated carbocycles. The molecule has 0 aliphatic carbocycles. The molecule has 0 aliphatic heterocycles. The summed E-state index contributed by atoms with van der Waals surface area (Å²) in [5, 5.41) is 4.02. The van der Waals surface area contributed by atoms with Crippen LogP contribution in [0.2, 0.25) is 10.0 Å². The fraction of sp³-hybridized carbons (Fsp3) is 0.125. The number of hydrogen-bond acceptors (Lipinski definition) is 2. The van der Waals surface area contributed by atoms with Crippen molar-refractivity contribution < 1.29 is 0 Å². The molecule has 0 amide bonds. The Kier molecular flexibility index (Phi) is 3.38. The second-order valence-corrected chi connectivity index (χ2v) is 3.00. The Morgan fingerprint density at radius 2 is 2.33 bits per heavy atom. The zero-order valence-corrected chi connectivity index (χ0v) is 7.86. The third-order valence-electron chi connectivity index (χ3n) is 1.22. The monoisotopic (exact) mass is 202 g/mol. The summed E-state index contributed by atoms with van der Waals surface area (Å²) < 4.78 is 0. The van der Waals surface area contributed by atoms with Crippen LogP contribution in [-0.4, -0.2) is 11.5 Å². The van der Waals surface area contributed by atoms with Gasteiger partial charge in [-0.2, -0.15) is 0 Å². The number of nitrogens with one attached hydrogen (secondary N) is 1. The quantitative estimate of drug-likeness (QED) is 0.763. The number of rotatable bonds is 3. The third-order valence-corrected chi connectivity index (χ3v) is 1.72. The Morgan fingerprint density at radius 1 is 1.58 bits per heavy atom. The second-order valence-electron chi connectivity index (χ2n) is 2.15. The summed E-state index contributed by atoms with van der Waals surface area (Å²) in [6.07, 6.45) is 3.27. The van der Waals surface area contributed by atoms with Crippen LogP contribution in [0, 0.1) is 0 Å². The highest BCUT2D eigenvalue weighted by Crippen LogP contribution is 2.21. The molecule has 1 N–H and O–H groups in total. The molecular formula is C8H8Cl2N2. The van der Waals surface area contributed by atoms with Gasteiger partial charge < -0.3 is 5.32 Å². The number of anilines is 1. The number of hydrogen-bond donors (Lipinski definition) is 1. The molecule has 0 radical (unpaired) electrons. The van der Waals surface area contributed by atoms with Gasteiger partial charge in [0.1, 0.15) is 5.82 Å². The minimum Gasteiger partial charge on any atom is -0.365 e. The number of nitrogens with zero attached hydrogens (tertiary/aromatic N) is 1. The maximum Gasteiger partial charge on any atom is 0.145 e. The minimum atomic E-state index is 0.518. The predicted molar refractivity (Wildman–Crippen MR) is 52.9 cm³/mol. The van der Waals surface area contributed by atoms with E-state index in [1.165, 1.54) is 0 Å². The first kappa shape index (κ1) is 9.36. The third kappa shape index (κ3) is 2.40. The SMILES string of the molecule is C=CCNc1ncc(Cl)cc1Cl. The molecule has 0 saturated heterocycles. The van der Waals surface area contributed by atoms with E-state index in [1.54, 1.807) is 18.3 Å². The molecule has 0 spiro atoms. The summed E-state index contributed by atoms with van der Waals surface area (Å²) >= 11 is 11.5. The van der Waals surface area contributed by atoms with Gasteiger partial charge in [-0.25, -0.2) is 4.98 Å². The molecule has 0 aromatic carbocycles. The average molecular weight is 203 g/mol. The molecule has 0 unspecified atom stereocenters. The van der Waals surface area contributed by atoms with Gasteiger partial charge in [0.25, 0.3) is 0 Å². The molecule has 1 rings (SSSR count). The summed E-state index contributed by atoms with van der Waals surface area (Å²) in [7, 11) is 0. The fourth-order valence-corrected chi connectivity index (χ4v) is 1.16. The van der Waals surface area contributed by atoms with Crippen molar-refractivity contribution in [2.45, 2.75) is 0 Å². The van der Waals surface area contributed by atoms with Gasteiger partial charge >= 0.3 is 0 Å². The van der Waals surface area contributed by atoms with E-state index in [9.17, 15) is 0 Å². The van der Waals surface area contributed by atoms with Crippen LogP contribution in [0.15, 0.2) is 24.9 Å². The fourth-order valence-electron chi connectivity index (χ4n) is 0.713. The summed E-state index contributed by atoms with van der Waals surface area (Å²) in [5.74, 6) is 0.626. The number of aromatic nitrogens is 1. The Balaban J connectivity index is 2.78. The molecule has 0 bridgehead atoms. The minimum absolute atomic E-state index is 0.518. The normalized spacial score (nSPS) is 9.50. The maximum atomic E-state index is 5.82. The molecule has 1 aromatic rings. The lowest BCUT2D eigenvalue weighted by molar-refractivity contribution is 1.23. The topological polar surface area (TPSA) is 24.9 Å². The maximum absolute atomic E-state index is 5.82. The molecule has 1 heterocycles. The van der Waals surface area contributed by atoms with Crippen LogP contribution in [0.1, 0.15) is 0 Å². The van der Waals surface area contributed by atoms with E-state index in [2.05, 4.69) is 16.9 Å². The Morgan fingerprint density at radius 3 is 2.92 bits per heavy atom. The van der Waals surface area contributed by atoms with Crippen LogP contribution >= 0.6 is 23.2 Å². The first-order chi connectivity index (χ1) is 5.74. The zero-order chi connectivity index (χ0) is 8.97. The van der Waals surface area contributed by atoms with Gasteiger partial charge in [-0.1, -0.05) is 29.3 Å². The van der Waals surface area contributed by atoms with E-state index < -0.39 is 0 Å². The van der Waals surface area contributed by atoms with Crippen molar-refractivity contribution in [2.75, 3.05) is 11.9 Å². The van der Waals surface area contributed by atoms with Gasteiger partial charge in [0.05, 0.1) is 10.0 Å². The Bertz CT molecular complexity index is 286. The highest BCUT2D eigenvalue weighted by atomic mass is 35.5. The van der Waals surface area contributed by atoms with Gasteiger partial charge in [0.15, 0.2) is 0 Å². The van der Waals surface area contributed by atoms with Gasteiger partial charge in [0, 0.05) is 12.7 Å². The first-order valence-corrected chi connectivity index (χ1v) is 4.15. The molecule has 12 heavy (non-hydrogen) atoms. The number of halogens is 2. The second kappa shape index (κ2) is 4.33. The zero-order valence-electron chi connectivity index (χ0n) is 6.35. The van der Waals surface area contributed by atoms with Crippen LogP contribution in [0.5, 0.6) is 0 Å². The van der Waals surface area contributed by atoms with E-state index in [0.29, 0.717) is 22.4 Å². The van der Waals surface area contributed by atoms with Crippen LogP contribution in [-0.2, 0) is 0 Å². The summed E-state index contributed by atoms with van der Waals surface area (Å²) in [4.78, 5) is 3.99. The smallest absolute Gasteiger partial charge is 0.145 e. The van der Waals surface area contributed by atoms with Gasteiger partial charge in [0.2, 0.25) is 0 Å². The standard InChI is InChI=1S/C8H8Cl2N2/c1-2-3-11-8-7(10)4-6(9)5-12-8/h2,4-5H,1,3H2,(H,11,12). The molecule has 0 fully saturated rings. The molecule has 4 heteroatoms. The average Bonchev–Trinajstić information content (AvgIpc) is 2.03. The van der Waals surface area contributed by atoms with E-state index in [-0.39, 0.29) is 0 Å². The van der Waals surface area contributed by atoms with Crippen molar-refractivity contribution >= 4 is 29.0 Å². The van der Waals surface area contributed by atoms with E-state index in [4.69, 9.17) is 23.2 Å². The molecule has 1 aromatic heterocycles. The van der Waals surface area contributed by atoms with Crippen molar-refractivity contribution in [3.05, 3.63) is 35.0 Å². The van der Waals surface area contributed by atoms with Crippen molar-refractivity contribution in [3.63, 3.8) is 0 Å². The lowest BCUT2D eigenvalue weighted by Gasteiger charge is -2.03. The van der Waals surface area contributed by atoms with Crippen LogP contribution in [0.25, 0.3) is 0 Å². The summed E-state index contributed by atoms with van der Waals surface area (Å²) in [6, 6.07) is 1.64. The van der Waals surface area contributed by atoms with Crippen molar-refractivity contribution in [2.24, 2.45) is 0 Å². The molecule has 0 atom stereocenters. The Hall–Kier alpha value is -0.730. The van der Waals surface area contributed by atoms with Crippen LogP contribution in [0.4, 0.5) is 5.82 Å². The van der Waals surface area contributed by atoms with Crippen molar-refractivity contribution in [1.82, 2.24) is 4.98 Å². The molecule has 64 valence electrons. The van der Waals surface area contributed by atoms with Crippen LogP contribution in [0.3, 0.4) is 0 Å². The number of pyridine rings is 1. The summed E-state index contributed by atoms with van der Waals surface area (Å²) in [6.45, 7) is 4.20. The lowest BCUT2D eigenvalue weighted by atomic mass is 10.4. The first-order valence-electron chi connectivity index (χ1n) is 3.40. The lowest BCUT2D eigenvalue weighted by Crippen LogP contribution is -2.00. The van der Waals surface area contributed by atoms with E-state index in [1.807, 2.05) is 0 Å². The van der Waals surface area contributed by atoms with Gasteiger partial charge in [-0.3, -0.25) is 0 Å². The molecule has 2 nitrogen and oxygen atoms in total. The van der Waals surface area contributed by atoms with Gasteiger partial charge in [-0.05, 0) is 6.07 Å². The largest absolute Gasteiger partial charge is 0.365 e. The molecular weight excluding hydrogens is 195 g/mol. The van der Waals surface area contributed by atoms with Crippen molar-refractivity contribution in [1.29, 1.82) is 0 Å².